The lowest BCUT2D eigenvalue weighted by molar-refractivity contribution is -0.137. The van der Waals surface area contributed by atoms with E-state index in [4.69, 9.17) is 4.74 Å². The van der Waals surface area contributed by atoms with Gasteiger partial charge >= 0.3 is 6.18 Å². The summed E-state index contributed by atoms with van der Waals surface area (Å²) in [4.78, 5) is 19.2. The topological polar surface area (TPSA) is 42.4 Å². The van der Waals surface area contributed by atoms with Gasteiger partial charge in [-0.2, -0.15) is 13.2 Å². The SMILES string of the molecule is Cc1cc(Cc2cccc(C(F)(F)F)c2)cc([C@@H]2CN(C(=O)c3ccccc3)CCO2)n1. The smallest absolute Gasteiger partial charge is 0.368 e. The first-order valence-corrected chi connectivity index (χ1v) is 10.4. The van der Waals surface area contributed by atoms with Crippen LogP contribution in [0.25, 0.3) is 0 Å². The minimum atomic E-state index is -4.37. The number of aryl methyl sites for hydroxylation is 1. The van der Waals surface area contributed by atoms with Crippen molar-refractivity contribution in [3.63, 3.8) is 0 Å². The molecule has 1 atom stereocenters. The summed E-state index contributed by atoms with van der Waals surface area (Å²) in [5.41, 5.74) is 2.81. The van der Waals surface area contributed by atoms with E-state index in [0.29, 0.717) is 42.9 Å². The van der Waals surface area contributed by atoms with Gasteiger partial charge in [-0.15, -0.1) is 0 Å². The molecule has 0 spiro atoms. The number of hydrogen-bond donors (Lipinski definition) is 0. The molecule has 2 aromatic carbocycles. The number of ether oxygens (including phenoxy) is 1. The second kappa shape index (κ2) is 9.12. The Kier molecular flexibility index (Phi) is 6.28. The third kappa shape index (κ3) is 5.16. The monoisotopic (exact) mass is 440 g/mol. The predicted octanol–water partition coefficient (Wildman–Crippen LogP) is 5.21. The van der Waals surface area contributed by atoms with E-state index in [-0.39, 0.29) is 5.91 Å². The molecule has 32 heavy (non-hydrogen) atoms. The Morgan fingerprint density at radius 3 is 2.59 bits per heavy atom. The normalized spacial score (nSPS) is 16.8. The first-order chi connectivity index (χ1) is 15.3. The average molecular weight is 440 g/mol. The third-order valence-electron chi connectivity index (χ3n) is 5.40. The molecule has 4 nitrogen and oxygen atoms in total. The Hall–Kier alpha value is -3.19. The van der Waals surface area contributed by atoms with Gasteiger partial charge in [0.1, 0.15) is 6.10 Å². The van der Waals surface area contributed by atoms with Crippen LogP contribution in [0.3, 0.4) is 0 Å². The number of hydrogen-bond acceptors (Lipinski definition) is 3. The molecule has 7 heteroatoms. The number of amides is 1. The lowest BCUT2D eigenvalue weighted by Crippen LogP contribution is -2.42. The molecule has 1 amide bonds. The molecule has 2 heterocycles. The molecule has 0 bridgehead atoms. The van der Waals surface area contributed by atoms with Crippen LogP contribution >= 0.6 is 0 Å². The van der Waals surface area contributed by atoms with Gasteiger partial charge in [-0.25, -0.2) is 0 Å². The zero-order valence-corrected chi connectivity index (χ0v) is 17.6. The molecule has 4 rings (SSSR count). The van der Waals surface area contributed by atoms with E-state index in [9.17, 15) is 18.0 Å². The highest BCUT2D eigenvalue weighted by Gasteiger charge is 2.30. The zero-order valence-electron chi connectivity index (χ0n) is 17.6. The zero-order chi connectivity index (χ0) is 22.7. The molecule has 166 valence electrons. The maximum atomic E-state index is 13.0. The van der Waals surface area contributed by atoms with Gasteiger partial charge in [-0.1, -0.05) is 36.4 Å². The Balaban J connectivity index is 1.53. The standard InChI is InChI=1S/C25H23F3N2O2/c1-17-12-19(13-18-6-5-9-21(14-18)25(26,27)28)15-22(29-17)23-16-30(10-11-32-23)24(31)20-7-3-2-4-8-20/h2-9,12,14-15,23H,10-11,13,16H2,1H3/t23-/m0/s1. The number of carbonyl (C=O) groups is 1. The molecule has 0 N–H and O–H groups in total. The number of alkyl halides is 3. The summed E-state index contributed by atoms with van der Waals surface area (Å²) < 4.78 is 45.0. The number of benzene rings is 2. The van der Waals surface area contributed by atoms with Gasteiger partial charge in [0.15, 0.2) is 0 Å². The van der Waals surface area contributed by atoms with Crippen LogP contribution in [-0.2, 0) is 17.3 Å². The van der Waals surface area contributed by atoms with Crippen LogP contribution in [0.4, 0.5) is 13.2 Å². The fourth-order valence-corrected chi connectivity index (χ4v) is 3.90. The minimum absolute atomic E-state index is 0.0595. The van der Waals surface area contributed by atoms with E-state index in [1.54, 1.807) is 23.1 Å². The first-order valence-electron chi connectivity index (χ1n) is 10.4. The Bertz CT molecular complexity index is 1100. The molecular formula is C25H23F3N2O2. The van der Waals surface area contributed by atoms with Gasteiger partial charge in [0, 0.05) is 17.8 Å². The number of aromatic nitrogens is 1. The van der Waals surface area contributed by atoms with Crippen molar-refractivity contribution < 1.29 is 22.7 Å². The third-order valence-corrected chi connectivity index (χ3v) is 5.40. The summed E-state index contributed by atoms with van der Waals surface area (Å²) in [6.07, 6.45) is -4.42. The van der Waals surface area contributed by atoms with Crippen molar-refractivity contribution >= 4 is 5.91 Å². The highest BCUT2D eigenvalue weighted by molar-refractivity contribution is 5.94. The van der Waals surface area contributed by atoms with Crippen molar-refractivity contribution in [2.75, 3.05) is 19.7 Å². The van der Waals surface area contributed by atoms with Gasteiger partial charge < -0.3 is 9.64 Å². The maximum absolute atomic E-state index is 13.0. The molecule has 0 aliphatic carbocycles. The lowest BCUT2D eigenvalue weighted by atomic mass is 10.0. The number of pyridine rings is 1. The number of carbonyl (C=O) groups excluding carboxylic acids is 1. The summed E-state index contributed by atoms with van der Waals surface area (Å²) in [5.74, 6) is -0.0595. The van der Waals surface area contributed by atoms with Gasteiger partial charge in [0.2, 0.25) is 0 Å². The van der Waals surface area contributed by atoms with Gasteiger partial charge in [-0.3, -0.25) is 9.78 Å². The van der Waals surface area contributed by atoms with E-state index in [1.807, 2.05) is 37.3 Å². The summed E-state index contributed by atoms with van der Waals surface area (Å²) in [6.45, 7) is 3.09. The van der Waals surface area contributed by atoms with E-state index < -0.39 is 17.8 Å². The van der Waals surface area contributed by atoms with Gasteiger partial charge in [0.25, 0.3) is 5.91 Å². The summed E-state index contributed by atoms with van der Waals surface area (Å²) in [7, 11) is 0. The van der Waals surface area contributed by atoms with Gasteiger partial charge in [0.05, 0.1) is 24.4 Å². The van der Waals surface area contributed by atoms with E-state index >= 15 is 0 Å². The van der Waals surface area contributed by atoms with Crippen LogP contribution in [0, 0.1) is 6.92 Å². The second-order valence-electron chi connectivity index (χ2n) is 7.89. The number of nitrogens with zero attached hydrogens (tertiary/aromatic N) is 2. The van der Waals surface area contributed by atoms with E-state index in [2.05, 4.69) is 4.98 Å². The highest BCUT2D eigenvalue weighted by atomic mass is 19.4. The molecule has 1 aromatic heterocycles. The molecule has 0 unspecified atom stereocenters. The molecule has 3 aromatic rings. The van der Waals surface area contributed by atoms with Crippen LogP contribution < -0.4 is 0 Å². The Labute approximate surface area is 184 Å². The fourth-order valence-electron chi connectivity index (χ4n) is 3.90. The molecule has 0 radical (unpaired) electrons. The fraction of sp³-hybridized carbons (Fsp3) is 0.280. The Morgan fingerprint density at radius 1 is 1.06 bits per heavy atom. The van der Waals surface area contributed by atoms with Crippen molar-refractivity contribution in [3.05, 3.63) is 100 Å². The van der Waals surface area contributed by atoms with Crippen molar-refractivity contribution in [1.82, 2.24) is 9.88 Å². The van der Waals surface area contributed by atoms with E-state index in [0.717, 1.165) is 17.3 Å². The Morgan fingerprint density at radius 2 is 1.84 bits per heavy atom. The largest absolute Gasteiger partial charge is 0.416 e. The van der Waals surface area contributed by atoms with Crippen LogP contribution in [0.1, 0.15) is 44.5 Å². The number of rotatable bonds is 4. The van der Waals surface area contributed by atoms with Gasteiger partial charge in [-0.05, 0) is 54.8 Å². The van der Waals surface area contributed by atoms with Crippen LogP contribution in [0.5, 0.6) is 0 Å². The molecule has 1 fully saturated rings. The van der Waals surface area contributed by atoms with Crippen molar-refractivity contribution in [1.29, 1.82) is 0 Å². The molecule has 1 aliphatic heterocycles. The number of morpholine rings is 1. The second-order valence-corrected chi connectivity index (χ2v) is 7.89. The summed E-state index contributed by atoms with van der Waals surface area (Å²) >= 11 is 0. The molecular weight excluding hydrogens is 417 g/mol. The van der Waals surface area contributed by atoms with Crippen LogP contribution in [0.15, 0.2) is 66.7 Å². The lowest BCUT2D eigenvalue weighted by Gasteiger charge is -2.33. The first kappa shape index (κ1) is 22.0. The molecule has 0 saturated carbocycles. The summed E-state index contributed by atoms with van der Waals surface area (Å²) in [6, 6.07) is 18.1. The predicted molar refractivity (Wildman–Crippen MR) is 114 cm³/mol. The van der Waals surface area contributed by atoms with Crippen molar-refractivity contribution in [3.8, 4) is 0 Å². The quantitative estimate of drug-likeness (QED) is 0.559. The number of halogens is 3. The van der Waals surface area contributed by atoms with Crippen molar-refractivity contribution in [2.45, 2.75) is 25.6 Å². The average Bonchev–Trinajstić information content (AvgIpc) is 2.78. The van der Waals surface area contributed by atoms with Crippen LogP contribution in [-0.4, -0.2) is 35.5 Å². The van der Waals surface area contributed by atoms with E-state index in [1.165, 1.54) is 12.1 Å². The molecule has 1 aliphatic rings. The summed E-state index contributed by atoms with van der Waals surface area (Å²) in [5, 5.41) is 0. The highest BCUT2D eigenvalue weighted by Crippen LogP contribution is 2.30. The minimum Gasteiger partial charge on any atom is -0.368 e. The van der Waals surface area contributed by atoms with Crippen LogP contribution in [0.2, 0.25) is 0 Å². The van der Waals surface area contributed by atoms with Crippen molar-refractivity contribution in [2.24, 2.45) is 0 Å². The molecule has 1 saturated heterocycles. The maximum Gasteiger partial charge on any atom is 0.416 e.